The van der Waals surface area contributed by atoms with E-state index < -0.39 is 5.91 Å². The predicted molar refractivity (Wildman–Crippen MR) is 153 cm³/mol. The maximum absolute atomic E-state index is 12.4. The van der Waals surface area contributed by atoms with Crippen molar-refractivity contribution in [2.24, 2.45) is 0 Å². The molecular formula is C29H22ClN3O4S. The molecule has 5 aromatic rings. The number of carbonyl (C=O) groups excluding carboxylic acids is 1. The maximum Gasteiger partial charge on any atom is 0.250 e. The van der Waals surface area contributed by atoms with Crippen molar-refractivity contribution in [2.45, 2.75) is 13.8 Å². The number of aromatic hydroxyl groups is 1. The van der Waals surface area contributed by atoms with Crippen molar-refractivity contribution in [1.82, 2.24) is 10.3 Å². The second-order valence-electron chi connectivity index (χ2n) is 8.62. The first-order chi connectivity index (χ1) is 18.3. The number of benzene rings is 3. The normalized spacial score (nSPS) is 11.2. The standard InChI is InChI=1S/C29H22ClN3O4S/c1-16-7-8-18(14-22(16)30)24-11-9-20(36-24)10-12-26(34)33-29(38)31-19-13-17(2)27(35)21(15-19)28-32-23-5-3-4-6-25(23)37-28/h3-15,35H,1-2H3,(H2,31,33,34,38)/b12-10+. The van der Waals surface area contributed by atoms with Crippen LogP contribution in [0.1, 0.15) is 16.9 Å². The van der Waals surface area contributed by atoms with Gasteiger partial charge >= 0.3 is 0 Å². The molecule has 0 aliphatic rings. The quantitative estimate of drug-likeness (QED) is 0.122. The number of carbonyl (C=O) groups is 1. The summed E-state index contributed by atoms with van der Waals surface area (Å²) in [5, 5.41) is 16.9. The molecule has 1 amide bonds. The number of para-hydroxylation sites is 2. The Labute approximate surface area is 228 Å². The third-order valence-electron chi connectivity index (χ3n) is 5.80. The number of fused-ring (bicyclic) bond motifs is 1. The molecule has 9 heteroatoms. The number of furan rings is 1. The zero-order chi connectivity index (χ0) is 26.8. The number of rotatable bonds is 5. The summed E-state index contributed by atoms with van der Waals surface area (Å²) < 4.78 is 11.6. The fourth-order valence-electron chi connectivity index (χ4n) is 3.82. The molecule has 2 aromatic heterocycles. The molecule has 38 heavy (non-hydrogen) atoms. The molecule has 0 atom stereocenters. The second kappa shape index (κ2) is 10.5. The van der Waals surface area contributed by atoms with Crippen molar-refractivity contribution >= 4 is 57.7 Å². The number of nitrogens with one attached hydrogen (secondary N) is 2. The number of aromatic nitrogens is 1. The highest BCUT2D eigenvalue weighted by atomic mass is 35.5. The number of phenols is 1. The lowest BCUT2D eigenvalue weighted by atomic mass is 10.1. The number of hydrogen-bond acceptors (Lipinski definition) is 6. The van der Waals surface area contributed by atoms with E-state index in [2.05, 4.69) is 15.6 Å². The lowest BCUT2D eigenvalue weighted by Gasteiger charge is -2.12. The van der Waals surface area contributed by atoms with Gasteiger partial charge in [-0.2, -0.15) is 0 Å². The molecule has 0 saturated carbocycles. The Morgan fingerprint density at radius 1 is 1.03 bits per heavy atom. The van der Waals surface area contributed by atoms with Crippen molar-refractivity contribution in [3.63, 3.8) is 0 Å². The molecule has 5 rings (SSSR count). The molecule has 0 aliphatic carbocycles. The van der Waals surface area contributed by atoms with Gasteiger partial charge in [-0.05, 0) is 85.7 Å². The predicted octanol–water partition coefficient (Wildman–Crippen LogP) is 7.26. The summed E-state index contributed by atoms with van der Waals surface area (Å²) in [5.41, 5.74) is 4.66. The number of amides is 1. The molecule has 0 bridgehead atoms. The van der Waals surface area contributed by atoms with Gasteiger partial charge in [-0.3, -0.25) is 10.1 Å². The van der Waals surface area contributed by atoms with E-state index in [1.54, 1.807) is 37.3 Å². The number of thiocarbonyl (C=S) groups is 1. The van der Waals surface area contributed by atoms with Crippen LogP contribution < -0.4 is 10.6 Å². The van der Waals surface area contributed by atoms with Gasteiger partial charge in [0, 0.05) is 22.3 Å². The number of phenolic OH excluding ortho intramolecular Hbond substituents is 1. The first kappa shape index (κ1) is 25.3. The highest BCUT2D eigenvalue weighted by Gasteiger charge is 2.16. The largest absolute Gasteiger partial charge is 0.507 e. The van der Waals surface area contributed by atoms with Crippen LogP contribution in [0.2, 0.25) is 5.02 Å². The fraction of sp³-hybridized carbons (Fsp3) is 0.0690. The lowest BCUT2D eigenvalue weighted by molar-refractivity contribution is -0.115. The summed E-state index contributed by atoms with van der Waals surface area (Å²) in [6, 6.07) is 19.9. The smallest absolute Gasteiger partial charge is 0.250 e. The Kier molecular flexibility index (Phi) is 7.00. The molecule has 0 saturated heterocycles. The van der Waals surface area contributed by atoms with Gasteiger partial charge in [0.2, 0.25) is 11.8 Å². The van der Waals surface area contributed by atoms with E-state index in [9.17, 15) is 9.90 Å². The summed E-state index contributed by atoms with van der Waals surface area (Å²) in [6.45, 7) is 3.68. The van der Waals surface area contributed by atoms with Crippen LogP contribution in [0.15, 0.2) is 81.6 Å². The van der Waals surface area contributed by atoms with Crippen LogP contribution in [-0.4, -0.2) is 21.1 Å². The molecule has 0 aliphatic heterocycles. The third-order valence-corrected chi connectivity index (χ3v) is 6.41. The summed E-state index contributed by atoms with van der Waals surface area (Å²) in [5.74, 6) is 1.03. The van der Waals surface area contributed by atoms with Crippen LogP contribution in [-0.2, 0) is 4.79 Å². The van der Waals surface area contributed by atoms with Gasteiger partial charge in [0.15, 0.2) is 10.7 Å². The lowest BCUT2D eigenvalue weighted by Crippen LogP contribution is -2.32. The average Bonchev–Trinajstić information content (AvgIpc) is 3.54. The molecule has 190 valence electrons. The first-order valence-electron chi connectivity index (χ1n) is 11.6. The third kappa shape index (κ3) is 5.46. The first-order valence-corrected chi connectivity index (χ1v) is 12.4. The van der Waals surface area contributed by atoms with Crippen LogP contribution in [0.4, 0.5) is 5.69 Å². The van der Waals surface area contributed by atoms with E-state index in [1.807, 2.05) is 49.4 Å². The Bertz CT molecular complexity index is 1690. The number of oxazole rings is 1. The monoisotopic (exact) mass is 543 g/mol. The molecule has 0 fully saturated rings. The zero-order valence-corrected chi connectivity index (χ0v) is 22.0. The Balaban J connectivity index is 1.25. The SMILES string of the molecule is Cc1ccc(-c2ccc(/C=C/C(=O)NC(=S)Nc3cc(C)c(O)c(-c4nc5ccccc5o4)c3)o2)cc1Cl. The van der Waals surface area contributed by atoms with E-state index in [0.717, 1.165) is 11.1 Å². The number of nitrogens with zero attached hydrogens (tertiary/aromatic N) is 1. The second-order valence-corrected chi connectivity index (χ2v) is 9.43. The van der Waals surface area contributed by atoms with E-state index in [1.165, 1.54) is 6.08 Å². The van der Waals surface area contributed by atoms with Crippen molar-refractivity contribution in [2.75, 3.05) is 5.32 Å². The summed E-state index contributed by atoms with van der Waals surface area (Å²) in [4.78, 5) is 16.9. The molecule has 7 nitrogen and oxygen atoms in total. The van der Waals surface area contributed by atoms with Gasteiger partial charge in [-0.15, -0.1) is 0 Å². The van der Waals surface area contributed by atoms with Crippen molar-refractivity contribution < 1.29 is 18.7 Å². The molecule has 3 aromatic carbocycles. The highest BCUT2D eigenvalue weighted by molar-refractivity contribution is 7.80. The van der Waals surface area contributed by atoms with Crippen LogP contribution in [0.5, 0.6) is 5.75 Å². The fourth-order valence-corrected chi connectivity index (χ4v) is 4.22. The number of halogens is 1. The minimum absolute atomic E-state index is 0.0470. The van der Waals surface area contributed by atoms with Gasteiger partial charge in [-0.25, -0.2) is 4.98 Å². The minimum atomic E-state index is -0.437. The molecular weight excluding hydrogens is 522 g/mol. The number of hydrogen-bond donors (Lipinski definition) is 3. The zero-order valence-electron chi connectivity index (χ0n) is 20.4. The number of anilines is 1. The summed E-state index contributed by atoms with van der Waals surface area (Å²) >= 11 is 11.5. The van der Waals surface area contributed by atoms with E-state index in [-0.39, 0.29) is 16.8 Å². The molecule has 0 spiro atoms. The minimum Gasteiger partial charge on any atom is -0.507 e. The van der Waals surface area contributed by atoms with Crippen molar-refractivity contribution in [1.29, 1.82) is 0 Å². The summed E-state index contributed by atoms with van der Waals surface area (Å²) in [7, 11) is 0. The van der Waals surface area contributed by atoms with Crippen LogP contribution in [0, 0.1) is 13.8 Å². The van der Waals surface area contributed by atoms with Crippen molar-refractivity contribution in [3.05, 3.63) is 94.7 Å². The van der Waals surface area contributed by atoms with E-state index in [4.69, 9.17) is 32.7 Å². The Morgan fingerprint density at radius 2 is 1.84 bits per heavy atom. The number of aryl methyl sites for hydroxylation is 2. The van der Waals surface area contributed by atoms with Crippen LogP contribution in [0.25, 0.3) is 40.0 Å². The molecule has 0 radical (unpaired) electrons. The topological polar surface area (TPSA) is 101 Å². The van der Waals surface area contributed by atoms with Gasteiger partial charge in [0.25, 0.3) is 0 Å². The van der Waals surface area contributed by atoms with Gasteiger partial charge in [0.1, 0.15) is 22.8 Å². The van der Waals surface area contributed by atoms with E-state index >= 15 is 0 Å². The van der Waals surface area contributed by atoms with E-state index in [0.29, 0.717) is 44.5 Å². The van der Waals surface area contributed by atoms with Gasteiger partial charge in [-0.1, -0.05) is 35.9 Å². The Morgan fingerprint density at radius 3 is 2.63 bits per heavy atom. The highest BCUT2D eigenvalue weighted by Crippen LogP contribution is 2.36. The molecule has 3 N–H and O–H groups in total. The molecule has 2 heterocycles. The molecule has 0 unspecified atom stereocenters. The summed E-state index contributed by atoms with van der Waals surface area (Å²) in [6.07, 6.45) is 2.87. The maximum atomic E-state index is 12.4. The Hall–Kier alpha value is -4.40. The van der Waals surface area contributed by atoms with Gasteiger partial charge < -0.3 is 19.3 Å². The van der Waals surface area contributed by atoms with Gasteiger partial charge in [0.05, 0.1) is 5.56 Å². The average molecular weight is 544 g/mol. The van der Waals surface area contributed by atoms with Crippen LogP contribution >= 0.6 is 23.8 Å². The van der Waals surface area contributed by atoms with Crippen molar-refractivity contribution in [3.8, 4) is 28.5 Å². The van der Waals surface area contributed by atoms with Crippen LogP contribution in [0.3, 0.4) is 0 Å².